The molecule has 14 fully saturated rings. The van der Waals surface area contributed by atoms with Gasteiger partial charge in [0, 0.05) is 8.22 Å². The number of hydrogen-bond acceptors (Lipinski definition) is 0. The third kappa shape index (κ3) is 37.2. The van der Waals surface area contributed by atoms with Gasteiger partial charge in [-0.15, -0.1) is 0 Å². The van der Waals surface area contributed by atoms with Crippen LogP contribution in [-0.2, 0) is 0 Å². The Morgan fingerprint density at radius 3 is 0.763 bits per heavy atom. The number of alkyl halides is 6. The van der Waals surface area contributed by atoms with Gasteiger partial charge in [-0.3, -0.25) is 0 Å². The molecule has 0 N–H and O–H groups in total. The molecule has 0 saturated heterocycles. The molecule has 0 aromatic carbocycles. The van der Waals surface area contributed by atoms with Crippen molar-refractivity contribution in [2.75, 3.05) is 0 Å². The molecule has 14 rings (SSSR count). The van der Waals surface area contributed by atoms with Crippen molar-refractivity contribution in [1.82, 2.24) is 0 Å². The third-order valence-corrected chi connectivity index (χ3v) is 25.9. The van der Waals surface area contributed by atoms with Crippen LogP contribution in [0.3, 0.4) is 0 Å². The second-order valence-electron chi connectivity index (χ2n) is 37.1. The fraction of sp³-hybridized carbons (Fsp3) is 1.00. The Bertz CT molecular complexity index is 2010. The molecule has 0 aliphatic heterocycles. The van der Waals surface area contributed by atoms with Crippen LogP contribution in [0.1, 0.15) is 447 Å². The van der Waals surface area contributed by atoms with E-state index in [9.17, 15) is 26.3 Å². The standard InChI is InChI=1S/C11H18.2C9H15F3.2C9H18.4C7H14.2C6H12/c1-11-5-8-2-9(6-11)4-10(3-8)7-11;2*1-7-3-5-8(2,6-4-7)9(10,11)12;2*1-8-4-6-9(2,3)7-5-8;2*1-7-5-3-2-4-6-7;2*1-2-7-5-3-4-6-7;2*1-6-4-2-3-5-6/h8-10H,2-7H2,1H3;2*7H,3-6H2,1-2H3;2*8H,4-7H2,1-3H3;4*7H,2-6H2,1H3;2*6H,2-5H2,1H3/i;7D;;8D;;7D;;2D2;;6D;. The van der Waals surface area contributed by atoms with E-state index in [0.717, 1.165) is 111 Å². The lowest BCUT2D eigenvalue weighted by Crippen LogP contribution is -2.44. The molecule has 0 nitrogen and oxygen atoms in total. The summed E-state index contributed by atoms with van der Waals surface area (Å²) in [6.07, 6.45) is 50.2. The Labute approximate surface area is 587 Å². The molecule has 0 unspecified atom stereocenters. The van der Waals surface area contributed by atoms with E-state index < -0.39 is 35.4 Å². The first-order chi connectivity index (χ1) is 45.5. The molecule has 14 aliphatic rings. The topological polar surface area (TPSA) is 0 Å². The molecule has 14 aliphatic carbocycles. The summed E-state index contributed by atoms with van der Waals surface area (Å²) in [6, 6.07) is 0. The van der Waals surface area contributed by atoms with Gasteiger partial charge in [0.1, 0.15) is 0 Å². The van der Waals surface area contributed by atoms with E-state index in [4.69, 9.17) is 8.22 Å². The summed E-state index contributed by atoms with van der Waals surface area (Å²) >= 11 is 0. The van der Waals surface area contributed by atoms with Gasteiger partial charge in [-0.05, 0) is 209 Å². The average Bonchev–Trinajstić information content (AvgIpc) is 1.58. The lowest BCUT2D eigenvalue weighted by atomic mass is 9.50. The summed E-state index contributed by atoms with van der Waals surface area (Å²) in [4.78, 5) is 0. The van der Waals surface area contributed by atoms with Gasteiger partial charge >= 0.3 is 12.4 Å². The van der Waals surface area contributed by atoms with Crippen molar-refractivity contribution in [1.29, 1.82) is 0 Å². The molecule has 0 radical (unpaired) electrons. The quantitative estimate of drug-likeness (QED) is 0.242. The number of hydrogen-bond donors (Lipinski definition) is 0. The SMILES string of the molecule is CC12CC3CC(CC(C3)C1)C2.CC1CCC(C)(C(F)(F)F)CC1.CC1CCC(C)(C)CC1.CC1CCCC1.CC1CCCCC1.CCC1CCCC1.[2H]C([2H])(C)C1CCCC1.[2H]C1(C)CCC(C)(C(F)(F)F)CC1.[2H]C1(C)CCC(C)(C)CC1.[2H]C1(C)CCCC1.[2H]C1(C)CCCCC1. The first kappa shape index (κ1) is 76.8. The van der Waals surface area contributed by atoms with Crippen LogP contribution < -0.4 is 0 Å². The molecule has 4 bridgehead atoms. The van der Waals surface area contributed by atoms with Crippen molar-refractivity contribution in [3.63, 3.8) is 0 Å². The van der Waals surface area contributed by atoms with Gasteiger partial charge in [-0.25, -0.2) is 0 Å². The first-order valence-corrected chi connectivity index (χ1v) is 40.6. The van der Waals surface area contributed by atoms with E-state index in [1.54, 1.807) is 52.4 Å². The van der Waals surface area contributed by atoms with Gasteiger partial charge < -0.3 is 0 Å². The lowest BCUT2D eigenvalue weighted by molar-refractivity contribution is -0.230. The molecule has 0 aromatic heterocycles. The molecule has 554 valence electrons. The van der Waals surface area contributed by atoms with Crippen molar-refractivity contribution in [3.05, 3.63) is 0 Å². The Kier molecular flexibility index (Phi) is 36.4. The fourth-order valence-corrected chi connectivity index (χ4v) is 17.8. The van der Waals surface area contributed by atoms with E-state index in [1.165, 1.54) is 187 Å². The zero-order valence-corrected chi connectivity index (χ0v) is 65.1. The minimum Gasteiger partial charge on any atom is -0.171 e. The summed E-state index contributed by atoms with van der Waals surface area (Å²) in [7, 11) is 0. The number of halogens is 6. The van der Waals surface area contributed by atoms with Crippen LogP contribution in [0, 0.1) is 104 Å². The lowest BCUT2D eigenvalue weighted by Gasteiger charge is -2.55. The van der Waals surface area contributed by atoms with Crippen LogP contribution >= 0.6 is 0 Å². The normalized spacial score (nSPS) is 36.0. The molecule has 93 heavy (non-hydrogen) atoms. The summed E-state index contributed by atoms with van der Waals surface area (Å²) < 4.78 is 120. The van der Waals surface area contributed by atoms with Crippen LogP contribution in [0.5, 0.6) is 0 Å². The monoisotopic (exact) mass is 1330 g/mol. The maximum absolute atomic E-state index is 12.5. The molecule has 0 heterocycles. The van der Waals surface area contributed by atoms with Gasteiger partial charge in [-0.1, -0.05) is 323 Å². The predicted molar refractivity (Wildman–Crippen MR) is 397 cm³/mol. The summed E-state index contributed by atoms with van der Waals surface area (Å²) in [5.41, 5.74) is -0.977. The van der Waals surface area contributed by atoms with Crippen LogP contribution in [0.25, 0.3) is 0 Å². The molecule has 0 spiro atoms. The number of rotatable bonds is 2. The van der Waals surface area contributed by atoms with Crippen molar-refractivity contribution in [3.8, 4) is 0 Å². The summed E-state index contributed by atoms with van der Waals surface area (Å²) in [6.45, 7) is 35.5. The second kappa shape index (κ2) is 44.1. The Balaban J connectivity index is 0.000000285. The van der Waals surface area contributed by atoms with Crippen LogP contribution in [-0.4, -0.2) is 12.4 Å². The zero-order chi connectivity index (χ0) is 74.8. The van der Waals surface area contributed by atoms with E-state index in [1.807, 2.05) is 20.8 Å². The Morgan fingerprint density at radius 2 is 0.548 bits per heavy atom. The third-order valence-electron chi connectivity index (χ3n) is 25.9. The molecule has 14 saturated carbocycles. The minimum atomic E-state index is -4.11. The molecular weight excluding hydrogens is 1160 g/mol. The molecule has 0 amide bonds. The second-order valence-corrected chi connectivity index (χ2v) is 37.1. The van der Waals surface area contributed by atoms with Crippen molar-refractivity contribution in [2.45, 2.75) is 451 Å². The largest absolute Gasteiger partial charge is 0.394 e. The highest BCUT2D eigenvalue weighted by atomic mass is 19.4. The average molecular weight is 1330 g/mol. The van der Waals surface area contributed by atoms with Crippen molar-refractivity contribution >= 4 is 0 Å². The maximum Gasteiger partial charge on any atom is 0.394 e. The highest BCUT2D eigenvalue weighted by Gasteiger charge is 2.53. The highest BCUT2D eigenvalue weighted by Crippen LogP contribution is 2.60. The smallest absolute Gasteiger partial charge is 0.171 e. The summed E-state index contributed by atoms with van der Waals surface area (Å²) in [5.74, 6) is 7.54. The van der Waals surface area contributed by atoms with Crippen LogP contribution in [0.2, 0.25) is 0 Å². The zero-order valence-electron chi connectivity index (χ0n) is 71.1. The van der Waals surface area contributed by atoms with Crippen molar-refractivity contribution < 1.29 is 34.6 Å². The van der Waals surface area contributed by atoms with E-state index in [0.29, 0.717) is 48.3 Å². The summed E-state index contributed by atoms with van der Waals surface area (Å²) in [5, 5.41) is 0. The van der Waals surface area contributed by atoms with Crippen LogP contribution in [0.15, 0.2) is 0 Å². The van der Waals surface area contributed by atoms with E-state index >= 15 is 0 Å². The van der Waals surface area contributed by atoms with E-state index in [2.05, 4.69) is 69.2 Å². The van der Waals surface area contributed by atoms with Gasteiger partial charge in [0.05, 0.1) is 10.8 Å². The molecule has 0 aromatic rings. The Morgan fingerprint density at radius 1 is 0.312 bits per heavy atom. The van der Waals surface area contributed by atoms with Gasteiger partial charge in [-0.2, -0.15) is 26.3 Å². The molecule has 0 atom stereocenters. The molecular formula is C87H164F6. The highest BCUT2D eigenvalue weighted by molar-refractivity contribution is 4.99. The Hall–Kier alpha value is -0.420. The first-order valence-electron chi connectivity index (χ1n) is 43.6. The van der Waals surface area contributed by atoms with Crippen molar-refractivity contribution in [2.24, 2.45) is 104 Å². The fourth-order valence-electron chi connectivity index (χ4n) is 17.8. The molecule has 6 heteroatoms. The minimum absolute atomic E-state index is 0.0556. The van der Waals surface area contributed by atoms with Gasteiger partial charge in [0.25, 0.3) is 0 Å². The maximum atomic E-state index is 12.5. The predicted octanol–water partition coefficient (Wildman–Crippen LogP) is 31.9. The van der Waals surface area contributed by atoms with Crippen LogP contribution in [0.4, 0.5) is 26.3 Å². The van der Waals surface area contributed by atoms with E-state index in [-0.39, 0.29) is 30.5 Å². The van der Waals surface area contributed by atoms with Gasteiger partial charge in [0.2, 0.25) is 0 Å². The van der Waals surface area contributed by atoms with Gasteiger partial charge in [0.15, 0.2) is 0 Å².